The molecule has 0 aliphatic rings. The van der Waals surface area contributed by atoms with Gasteiger partial charge in [-0.05, 0) is 35.1 Å². The largest absolute Gasteiger partial charge is 0.396 e. The molecule has 4 N–H and O–H groups in total. The lowest BCUT2D eigenvalue weighted by Gasteiger charge is -2.05. The fourth-order valence-corrected chi connectivity index (χ4v) is 1.38. The van der Waals surface area contributed by atoms with Gasteiger partial charge in [-0.1, -0.05) is 0 Å². The molecule has 0 saturated heterocycles. The second kappa shape index (κ2) is 4.08. The summed E-state index contributed by atoms with van der Waals surface area (Å²) in [5.74, 6) is 0. The molecule has 0 spiro atoms. The Hall–Kier alpha value is -0.0700. The van der Waals surface area contributed by atoms with E-state index in [1.54, 1.807) is 0 Å². The number of nitrogens with one attached hydrogen (secondary N) is 1. The normalized spacial score (nSPS) is 13.4. The Morgan fingerprint density at radius 3 is 2.91 bits per heavy atom. The van der Waals surface area contributed by atoms with E-state index in [4.69, 9.17) is 10.8 Å². The highest BCUT2D eigenvalue weighted by Crippen LogP contribution is 2.14. The lowest BCUT2D eigenvalue weighted by molar-refractivity contribution is 0.276. The number of H-pyrrole nitrogens is 1. The SMILES string of the molecule is N[C@H](CCO)c1cc(I)c[nH]1. The van der Waals surface area contributed by atoms with Gasteiger partial charge in [0.15, 0.2) is 0 Å². The number of nitrogens with two attached hydrogens (primary N) is 1. The van der Waals surface area contributed by atoms with Crippen molar-refractivity contribution in [1.82, 2.24) is 4.98 Å². The average Bonchev–Trinajstić information content (AvgIpc) is 2.36. The van der Waals surface area contributed by atoms with Crippen LogP contribution in [0.1, 0.15) is 18.2 Å². The van der Waals surface area contributed by atoms with E-state index in [9.17, 15) is 0 Å². The zero-order chi connectivity index (χ0) is 8.27. The summed E-state index contributed by atoms with van der Waals surface area (Å²) in [5.41, 5.74) is 6.71. The minimum Gasteiger partial charge on any atom is -0.396 e. The molecule has 1 heterocycles. The van der Waals surface area contributed by atoms with E-state index in [0.717, 1.165) is 9.26 Å². The van der Waals surface area contributed by atoms with Crippen LogP contribution >= 0.6 is 22.6 Å². The molecule has 0 radical (unpaired) electrons. The molecule has 1 aromatic heterocycles. The molecule has 0 unspecified atom stereocenters. The first kappa shape index (κ1) is 9.02. The van der Waals surface area contributed by atoms with E-state index in [1.807, 2.05) is 12.3 Å². The molecule has 3 nitrogen and oxygen atoms in total. The summed E-state index contributed by atoms with van der Waals surface area (Å²) in [6.07, 6.45) is 2.50. The molecule has 4 heteroatoms. The monoisotopic (exact) mass is 266 g/mol. The highest BCUT2D eigenvalue weighted by Gasteiger charge is 2.05. The van der Waals surface area contributed by atoms with Crippen molar-refractivity contribution < 1.29 is 5.11 Å². The number of hydrogen-bond donors (Lipinski definition) is 3. The molecule has 0 amide bonds. The maximum atomic E-state index is 8.61. The molecule has 0 aliphatic heterocycles. The molecule has 1 atom stereocenters. The molecule has 1 rings (SSSR count). The van der Waals surface area contributed by atoms with Crippen LogP contribution in [0.2, 0.25) is 0 Å². The van der Waals surface area contributed by atoms with E-state index >= 15 is 0 Å². The first-order valence-electron chi connectivity index (χ1n) is 3.44. The molecule has 11 heavy (non-hydrogen) atoms. The number of aromatic amines is 1. The van der Waals surface area contributed by atoms with Crippen molar-refractivity contribution in [3.05, 3.63) is 21.5 Å². The molecule has 0 aromatic carbocycles. The summed E-state index contributed by atoms with van der Waals surface area (Å²) in [5, 5.41) is 8.61. The molecule has 0 fully saturated rings. The number of aliphatic hydroxyl groups is 1. The number of aliphatic hydroxyl groups excluding tert-OH is 1. The van der Waals surface area contributed by atoms with E-state index < -0.39 is 0 Å². The van der Waals surface area contributed by atoms with Crippen LogP contribution in [-0.2, 0) is 0 Å². The van der Waals surface area contributed by atoms with Crippen molar-refractivity contribution in [2.24, 2.45) is 5.73 Å². The molecule has 0 bridgehead atoms. The highest BCUT2D eigenvalue weighted by molar-refractivity contribution is 14.1. The summed E-state index contributed by atoms with van der Waals surface area (Å²) in [6, 6.07) is 1.92. The number of rotatable bonds is 3. The van der Waals surface area contributed by atoms with Crippen molar-refractivity contribution in [2.45, 2.75) is 12.5 Å². The Bertz CT molecular complexity index is 224. The lowest BCUT2D eigenvalue weighted by atomic mass is 10.2. The Morgan fingerprint density at radius 1 is 1.73 bits per heavy atom. The van der Waals surface area contributed by atoms with Crippen LogP contribution in [0.25, 0.3) is 0 Å². The van der Waals surface area contributed by atoms with Crippen molar-refractivity contribution >= 4 is 22.6 Å². The molecule has 62 valence electrons. The Kier molecular flexibility index (Phi) is 3.35. The fourth-order valence-electron chi connectivity index (χ4n) is 0.893. The van der Waals surface area contributed by atoms with Gasteiger partial charge >= 0.3 is 0 Å². The third-order valence-corrected chi connectivity index (χ3v) is 2.13. The van der Waals surface area contributed by atoms with Gasteiger partial charge in [0.2, 0.25) is 0 Å². The first-order valence-corrected chi connectivity index (χ1v) is 4.52. The number of hydrogen-bond acceptors (Lipinski definition) is 2. The zero-order valence-electron chi connectivity index (χ0n) is 6.05. The van der Waals surface area contributed by atoms with Crippen molar-refractivity contribution in [2.75, 3.05) is 6.61 Å². The smallest absolute Gasteiger partial charge is 0.0470 e. The topological polar surface area (TPSA) is 62.0 Å². The Balaban J connectivity index is 2.60. The predicted molar refractivity (Wildman–Crippen MR) is 52.1 cm³/mol. The van der Waals surface area contributed by atoms with Gasteiger partial charge in [-0.25, -0.2) is 0 Å². The highest BCUT2D eigenvalue weighted by atomic mass is 127. The van der Waals surface area contributed by atoms with Gasteiger partial charge in [-0.3, -0.25) is 0 Å². The summed E-state index contributed by atoms with van der Waals surface area (Å²) in [4.78, 5) is 3.05. The Morgan fingerprint density at radius 2 is 2.45 bits per heavy atom. The lowest BCUT2D eigenvalue weighted by Crippen LogP contribution is -2.11. The summed E-state index contributed by atoms with van der Waals surface area (Å²) in [7, 11) is 0. The van der Waals surface area contributed by atoms with Crippen LogP contribution < -0.4 is 5.73 Å². The summed E-state index contributed by atoms with van der Waals surface area (Å²) >= 11 is 2.21. The van der Waals surface area contributed by atoms with Gasteiger partial charge in [0.05, 0.1) is 0 Å². The van der Waals surface area contributed by atoms with E-state index in [-0.39, 0.29) is 12.6 Å². The second-order valence-corrected chi connectivity index (χ2v) is 3.64. The third-order valence-electron chi connectivity index (χ3n) is 1.51. The average molecular weight is 266 g/mol. The molecule has 0 saturated carbocycles. The van der Waals surface area contributed by atoms with Crippen molar-refractivity contribution in [1.29, 1.82) is 0 Å². The van der Waals surface area contributed by atoms with Gasteiger partial charge in [0, 0.05) is 28.1 Å². The molecule has 1 aromatic rings. The second-order valence-electron chi connectivity index (χ2n) is 2.39. The van der Waals surface area contributed by atoms with Gasteiger partial charge in [0.1, 0.15) is 0 Å². The minimum atomic E-state index is -0.0662. The van der Waals surface area contributed by atoms with Crippen molar-refractivity contribution in [3.8, 4) is 0 Å². The summed E-state index contributed by atoms with van der Waals surface area (Å²) in [6.45, 7) is 0.136. The standard InChI is InChI=1S/C7H11IN2O/c8-5-3-7(10-4-5)6(9)1-2-11/h3-4,6,10-11H,1-2,9H2/t6-/m1/s1. The quantitative estimate of drug-likeness (QED) is 0.715. The van der Waals surface area contributed by atoms with Gasteiger partial charge in [-0.15, -0.1) is 0 Å². The fraction of sp³-hybridized carbons (Fsp3) is 0.429. The van der Waals surface area contributed by atoms with E-state index in [0.29, 0.717) is 6.42 Å². The summed E-state index contributed by atoms with van der Waals surface area (Å²) < 4.78 is 1.14. The van der Waals surface area contributed by atoms with Crippen molar-refractivity contribution in [3.63, 3.8) is 0 Å². The molecular weight excluding hydrogens is 255 g/mol. The van der Waals surface area contributed by atoms with Gasteiger partial charge in [0.25, 0.3) is 0 Å². The van der Waals surface area contributed by atoms with Crippen LogP contribution in [0.15, 0.2) is 12.3 Å². The molecule has 0 aliphatic carbocycles. The number of aromatic nitrogens is 1. The molecular formula is C7H11IN2O. The van der Waals surface area contributed by atoms with Crippen LogP contribution in [0, 0.1) is 3.57 Å². The predicted octanol–water partition coefficient (Wildman–Crippen LogP) is 1.00. The van der Waals surface area contributed by atoms with Crippen LogP contribution in [0.3, 0.4) is 0 Å². The van der Waals surface area contributed by atoms with Crippen LogP contribution in [0.5, 0.6) is 0 Å². The van der Waals surface area contributed by atoms with E-state index in [1.165, 1.54) is 0 Å². The first-order chi connectivity index (χ1) is 5.24. The van der Waals surface area contributed by atoms with Crippen LogP contribution in [0.4, 0.5) is 0 Å². The Labute approximate surface area is 79.1 Å². The third kappa shape index (κ3) is 2.46. The maximum Gasteiger partial charge on any atom is 0.0470 e. The van der Waals surface area contributed by atoms with Gasteiger partial charge in [-0.2, -0.15) is 0 Å². The van der Waals surface area contributed by atoms with Gasteiger partial charge < -0.3 is 15.8 Å². The maximum absolute atomic E-state index is 8.61. The van der Waals surface area contributed by atoms with Crippen LogP contribution in [-0.4, -0.2) is 16.7 Å². The zero-order valence-corrected chi connectivity index (χ0v) is 8.21. The number of halogens is 1. The van der Waals surface area contributed by atoms with E-state index in [2.05, 4.69) is 27.6 Å². The minimum absolute atomic E-state index is 0.0662.